The van der Waals surface area contributed by atoms with Crippen LogP contribution in [0.2, 0.25) is 0 Å². The van der Waals surface area contributed by atoms with E-state index in [2.05, 4.69) is 0 Å². The van der Waals surface area contributed by atoms with Gasteiger partial charge < -0.3 is 25.0 Å². The van der Waals surface area contributed by atoms with Crippen molar-refractivity contribution in [3.63, 3.8) is 0 Å². The quantitative estimate of drug-likeness (QED) is 0.672. The van der Waals surface area contributed by atoms with Gasteiger partial charge in [0.25, 0.3) is 0 Å². The number of rotatable bonds is 4. The van der Waals surface area contributed by atoms with E-state index in [9.17, 15) is 19.8 Å². The highest BCUT2D eigenvalue weighted by Crippen LogP contribution is 2.29. The number of piperazine rings is 1. The zero-order valence-corrected chi connectivity index (χ0v) is 14.0. The zero-order chi connectivity index (χ0) is 18.1. The molecule has 2 aliphatic heterocycles. The Morgan fingerprint density at radius 2 is 2.16 bits per heavy atom. The predicted octanol–water partition coefficient (Wildman–Crippen LogP) is 0.355. The summed E-state index contributed by atoms with van der Waals surface area (Å²) in [4.78, 5) is 25.9. The number of aliphatic hydroxyl groups is 2. The SMILES string of the molecule is Cc1c(C(O)CN2CCN(C(=O)O)CC2CO)ccc2c1COC2=O. The number of ether oxygens (including phenoxy) is 1. The Balaban J connectivity index is 1.73. The number of amides is 1. The molecule has 1 saturated heterocycles. The minimum atomic E-state index is -1.00. The van der Waals surface area contributed by atoms with E-state index in [0.717, 1.165) is 16.7 Å². The van der Waals surface area contributed by atoms with E-state index in [1.54, 1.807) is 12.1 Å². The molecule has 136 valence electrons. The van der Waals surface area contributed by atoms with Gasteiger partial charge in [-0.3, -0.25) is 4.90 Å². The molecule has 0 spiro atoms. The third-order valence-electron chi connectivity index (χ3n) is 5.06. The van der Waals surface area contributed by atoms with Crippen LogP contribution in [-0.4, -0.2) is 76.0 Å². The molecule has 25 heavy (non-hydrogen) atoms. The topological polar surface area (TPSA) is 111 Å². The summed E-state index contributed by atoms with van der Waals surface area (Å²) in [6, 6.07) is 3.05. The molecule has 2 aliphatic rings. The molecule has 0 aromatic heterocycles. The number of β-amino-alcohol motifs (C(OH)–C–C–N with tert-alkyl or cyclic N) is 1. The first-order valence-corrected chi connectivity index (χ1v) is 8.22. The minimum Gasteiger partial charge on any atom is -0.465 e. The summed E-state index contributed by atoms with van der Waals surface area (Å²) in [6.45, 7) is 3.17. The van der Waals surface area contributed by atoms with Crippen LogP contribution in [0.4, 0.5) is 4.79 Å². The Morgan fingerprint density at radius 3 is 2.84 bits per heavy atom. The number of cyclic esters (lactones) is 1. The van der Waals surface area contributed by atoms with Crippen molar-refractivity contribution in [3.8, 4) is 0 Å². The first-order chi connectivity index (χ1) is 11.9. The van der Waals surface area contributed by atoms with Gasteiger partial charge in [0.15, 0.2) is 0 Å². The average Bonchev–Trinajstić information content (AvgIpc) is 2.97. The molecule has 1 aromatic carbocycles. The summed E-state index contributed by atoms with van der Waals surface area (Å²) in [5.41, 5.74) is 2.89. The van der Waals surface area contributed by atoms with Crippen molar-refractivity contribution in [1.82, 2.24) is 9.80 Å². The number of fused-ring (bicyclic) bond motifs is 1. The summed E-state index contributed by atoms with van der Waals surface area (Å²) < 4.78 is 5.03. The number of benzene rings is 1. The van der Waals surface area contributed by atoms with Crippen LogP contribution in [0, 0.1) is 6.92 Å². The maximum absolute atomic E-state index is 11.6. The number of carbonyl (C=O) groups is 2. The fraction of sp³-hybridized carbons (Fsp3) is 0.529. The lowest BCUT2D eigenvalue weighted by atomic mass is 9.95. The fourth-order valence-electron chi connectivity index (χ4n) is 3.53. The van der Waals surface area contributed by atoms with E-state index < -0.39 is 12.2 Å². The van der Waals surface area contributed by atoms with E-state index in [1.165, 1.54) is 4.90 Å². The molecule has 2 unspecified atom stereocenters. The summed E-state index contributed by atoms with van der Waals surface area (Å²) in [5, 5.41) is 29.3. The van der Waals surface area contributed by atoms with Gasteiger partial charge in [0, 0.05) is 31.7 Å². The number of nitrogens with zero attached hydrogens (tertiary/aromatic N) is 2. The second kappa shape index (κ2) is 6.99. The third-order valence-corrected chi connectivity index (χ3v) is 5.06. The molecule has 1 amide bonds. The van der Waals surface area contributed by atoms with Gasteiger partial charge in [-0.15, -0.1) is 0 Å². The monoisotopic (exact) mass is 350 g/mol. The molecule has 1 aromatic rings. The van der Waals surface area contributed by atoms with E-state index >= 15 is 0 Å². The molecule has 8 heteroatoms. The smallest absolute Gasteiger partial charge is 0.407 e. The van der Waals surface area contributed by atoms with Gasteiger partial charge in [-0.2, -0.15) is 0 Å². The van der Waals surface area contributed by atoms with Crippen molar-refractivity contribution in [2.75, 3.05) is 32.8 Å². The van der Waals surface area contributed by atoms with Gasteiger partial charge in [-0.25, -0.2) is 9.59 Å². The van der Waals surface area contributed by atoms with Gasteiger partial charge in [0.2, 0.25) is 0 Å². The van der Waals surface area contributed by atoms with Crippen molar-refractivity contribution in [2.45, 2.75) is 25.7 Å². The van der Waals surface area contributed by atoms with Crippen LogP contribution >= 0.6 is 0 Å². The number of aliphatic hydroxyl groups excluding tert-OH is 2. The van der Waals surface area contributed by atoms with E-state index in [0.29, 0.717) is 18.7 Å². The summed E-state index contributed by atoms with van der Waals surface area (Å²) in [5.74, 6) is -0.343. The van der Waals surface area contributed by atoms with Crippen molar-refractivity contribution in [1.29, 1.82) is 0 Å². The van der Waals surface area contributed by atoms with Crippen molar-refractivity contribution in [3.05, 3.63) is 34.4 Å². The fourth-order valence-corrected chi connectivity index (χ4v) is 3.53. The van der Waals surface area contributed by atoms with Crippen LogP contribution < -0.4 is 0 Å². The molecule has 0 bridgehead atoms. The molecule has 0 aliphatic carbocycles. The number of carbonyl (C=O) groups excluding carboxylic acids is 1. The maximum Gasteiger partial charge on any atom is 0.407 e. The lowest BCUT2D eigenvalue weighted by molar-refractivity contribution is 0.0129. The van der Waals surface area contributed by atoms with Crippen molar-refractivity contribution in [2.24, 2.45) is 0 Å². The predicted molar refractivity (Wildman–Crippen MR) is 87.3 cm³/mol. The van der Waals surface area contributed by atoms with Crippen molar-refractivity contribution < 1.29 is 29.6 Å². The van der Waals surface area contributed by atoms with E-state index in [1.807, 2.05) is 11.8 Å². The Hall–Kier alpha value is -2.16. The van der Waals surface area contributed by atoms with Crippen LogP contribution in [0.25, 0.3) is 0 Å². The number of carboxylic acid groups (broad SMARTS) is 1. The summed E-state index contributed by atoms with van der Waals surface area (Å²) >= 11 is 0. The molecule has 0 saturated carbocycles. The van der Waals surface area contributed by atoms with Crippen LogP contribution in [-0.2, 0) is 11.3 Å². The first-order valence-electron chi connectivity index (χ1n) is 8.22. The van der Waals surface area contributed by atoms with E-state index in [4.69, 9.17) is 9.84 Å². The molecular formula is C17H22N2O6. The molecule has 1 fully saturated rings. The Labute approximate surface area is 145 Å². The zero-order valence-electron chi connectivity index (χ0n) is 14.0. The van der Waals surface area contributed by atoms with Gasteiger partial charge in [-0.1, -0.05) is 6.07 Å². The third kappa shape index (κ3) is 3.33. The minimum absolute atomic E-state index is 0.179. The second-order valence-corrected chi connectivity index (χ2v) is 6.46. The van der Waals surface area contributed by atoms with Crippen LogP contribution in [0.1, 0.15) is 33.2 Å². The Kier molecular flexibility index (Phi) is 4.94. The highest BCUT2D eigenvalue weighted by molar-refractivity contribution is 5.93. The molecule has 2 heterocycles. The largest absolute Gasteiger partial charge is 0.465 e. The van der Waals surface area contributed by atoms with Gasteiger partial charge in [-0.05, 0) is 24.1 Å². The average molecular weight is 350 g/mol. The number of esters is 1. The van der Waals surface area contributed by atoms with Crippen LogP contribution in [0.15, 0.2) is 12.1 Å². The Bertz CT molecular complexity index is 692. The van der Waals surface area contributed by atoms with E-state index in [-0.39, 0.29) is 38.3 Å². The molecular weight excluding hydrogens is 328 g/mol. The lowest BCUT2D eigenvalue weighted by Gasteiger charge is -2.40. The molecule has 0 radical (unpaired) electrons. The van der Waals surface area contributed by atoms with Crippen LogP contribution in [0.5, 0.6) is 0 Å². The second-order valence-electron chi connectivity index (χ2n) is 6.46. The number of hydrogen-bond acceptors (Lipinski definition) is 6. The highest BCUT2D eigenvalue weighted by Gasteiger charge is 2.31. The van der Waals surface area contributed by atoms with Gasteiger partial charge in [0.1, 0.15) is 6.61 Å². The highest BCUT2D eigenvalue weighted by atomic mass is 16.5. The Morgan fingerprint density at radius 1 is 1.40 bits per heavy atom. The van der Waals surface area contributed by atoms with Gasteiger partial charge in [0.05, 0.1) is 24.3 Å². The number of hydrogen-bond donors (Lipinski definition) is 3. The standard InChI is InChI=1S/C17H22N2O6/c1-10-12(2-3-13-14(10)9-25-16(13)22)15(21)7-18-4-5-19(17(23)24)6-11(18)8-20/h2-3,11,15,20-21H,4-9H2,1H3,(H,23,24). The molecule has 3 rings (SSSR count). The summed E-state index contributed by atoms with van der Waals surface area (Å²) in [6.07, 6.45) is -1.80. The molecule has 2 atom stereocenters. The van der Waals surface area contributed by atoms with Gasteiger partial charge >= 0.3 is 12.1 Å². The summed E-state index contributed by atoms with van der Waals surface area (Å²) in [7, 11) is 0. The first kappa shape index (κ1) is 17.7. The maximum atomic E-state index is 11.6. The molecule has 3 N–H and O–H groups in total. The molecule has 8 nitrogen and oxygen atoms in total. The lowest BCUT2D eigenvalue weighted by Crippen LogP contribution is -2.56. The van der Waals surface area contributed by atoms with Crippen molar-refractivity contribution >= 4 is 12.1 Å². The normalized spacial score (nSPS) is 21.8. The van der Waals surface area contributed by atoms with Crippen LogP contribution in [0.3, 0.4) is 0 Å².